The van der Waals surface area contributed by atoms with Gasteiger partial charge in [0.15, 0.2) is 0 Å². The number of benzene rings is 1. The Bertz CT molecular complexity index is 726. The molecule has 1 fully saturated rings. The predicted octanol–water partition coefficient (Wildman–Crippen LogP) is 3.86. The predicted molar refractivity (Wildman–Crippen MR) is 97.9 cm³/mol. The molecule has 3 rings (SSSR count). The van der Waals surface area contributed by atoms with Crippen LogP contribution in [0.2, 0.25) is 0 Å². The second kappa shape index (κ2) is 7.61. The average molecular weight is 343 g/mol. The number of methoxy groups -OCH3 is 1. The SMILES string of the molecule is COCc1ccc([C@@H]2CCCN2C(=O)Nc2ccccc2N(C)C)o1. The van der Waals surface area contributed by atoms with Gasteiger partial charge in [-0.05, 0) is 37.1 Å². The Morgan fingerprint density at radius 2 is 2.12 bits per heavy atom. The molecular formula is C19H25N3O3. The number of amides is 2. The molecule has 25 heavy (non-hydrogen) atoms. The van der Waals surface area contributed by atoms with Gasteiger partial charge in [-0.3, -0.25) is 0 Å². The van der Waals surface area contributed by atoms with Crippen LogP contribution in [0, 0.1) is 0 Å². The van der Waals surface area contributed by atoms with Crippen molar-refractivity contribution < 1.29 is 13.9 Å². The van der Waals surface area contributed by atoms with Crippen LogP contribution in [-0.4, -0.2) is 38.7 Å². The molecule has 1 saturated heterocycles. The fourth-order valence-electron chi connectivity index (χ4n) is 3.26. The van der Waals surface area contributed by atoms with Gasteiger partial charge in [0.1, 0.15) is 18.1 Å². The van der Waals surface area contributed by atoms with Crippen molar-refractivity contribution in [3.8, 4) is 0 Å². The molecule has 1 aliphatic heterocycles. The molecule has 134 valence electrons. The first-order chi connectivity index (χ1) is 12.1. The Kier molecular flexibility index (Phi) is 5.28. The lowest BCUT2D eigenvalue weighted by Gasteiger charge is -2.25. The minimum absolute atomic E-state index is 0.0304. The van der Waals surface area contributed by atoms with Crippen molar-refractivity contribution in [3.63, 3.8) is 0 Å². The molecule has 0 bridgehead atoms. The molecule has 1 N–H and O–H groups in total. The zero-order valence-corrected chi connectivity index (χ0v) is 15.0. The largest absolute Gasteiger partial charge is 0.461 e. The van der Waals surface area contributed by atoms with Crippen molar-refractivity contribution in [2.75, 3.05) is 38.0 Å². The van der Waals surface area contributed by atoms with Crippen molar-refractivity contribution >= 4 is 17.4 Å². The van der Waals surface area contributed by atoms with E-state index in [1.54, 1.807) is 7.11 Å². The van der Waals surface area contributed by atoms with Gasteiger partial charge in [0.05, 0.1) is 17.4 Å². The van der Waals surface area contributed by atoms with E-state index >= 15 is 0 Å². The van der Waals surface area contributed by atoms with Crippen LogP contribution in [0.15, 0.2) is 40.8 Å². The standard InChI is InChI=1S/C19H25N3O3/c1-21(2)16-8-5-4-7-15(16)20-19(23)22-12-6-9-17(22)18-11-10-14(25-18)13-24-3/h4-5,7-8,10-11,17H,6,9,12-13H2,1-3H3,(H,20,23)/t17-/m0/s1. The topological polar surface area (TPSA) is 58.0 Å². The molecular weight excluding hydrogens is 318 g/mol. The number of urea groups is 1. The summed E-state index contributed by atoms with van der Waals surface area (Å²) in [5, 5.41) is 3.04. The number of carbonyl (C=O) groups excluding carboxylic acids is 1. The van der Waals surface area contributed by atoms with Gasteiger partial charge in [0.2, 0.25) is 0 Å². The highest BCUT2D eigenvalue weighted by molar-refractivity contribution is 5.93. The van der Waals surface area contributed by atoms with Crippen LogP contribution in [0.3, 0.4) is 0 Å². The van der Waals surface area contributed by atoms with E-state index in [-0.39, 0.29) is 12.1 Å². The highest BCUT2D eigenvalue weighted by Crippen LogP contribution is 2.34. The maximum atomic E-state index is 12.8. The molecule has 0 spiro atoms. The fraction of sp³-hybridized carbons (Fsp3) is 0.421. The summed E-state index contributed by atoms with van der Waals surface area (Å²) >= 11 is 0. The minimum atomic E-state index is -0.0958. The van der Waals surface area contributed by atoms with E-state index in [1.807, 2.05) is 60.3 Å². The molecule has 2 heterocycles. The summed E-state index contributed by atoms with van der Waals surface area (Å²) in [6.07, 6.45) is 1.87. The van der Waals surface area contributed by atoms with Crippen molar-refractivity contribution in [1.82, 2.24) is 4.90 Å². The third-order valence-electron chi connectivity index (χ3n) is 4.44. The van der Waals surface area contributed by atoms with Crippen LogP contribution in [0.4, 0.5) is 16.2 Å². The summed E-state index contributed by atoms with van der Waals surface area (Å²) in [6.45, 7) is 1.16. The molecule has 1 atom stereocenters. The molecule has 0 saturated carbocycles. The number of para-hydroxylation sites is 2. The smallest absolute Gasteiger partial charge is 0.322 e. The van der Waals surface area contributed by atoms with Gasteiger partial charge in [-0.2, -0.15) is 0 Å². The highest BCUT2D eigenvalue weighted by atomic mass is 16.5. The molecule has 1 aromatic heterocycles. The number of nitrogens with one attached hydrogen (secondary N) is 1. The molecule has 2 aromatic rings. The number of carbonyl (C=O) groups is 1. The summed E-state index contributed by atoms with van der Waals surface area (Å²) in [7, 11) is 5.56. The van der Waals surface area contributed by atoms with E-state index in [0.717, 1.165) is 42.3 Å². The molecule has 1 aromatic carbocycles. The van der Waals surface area contributed by atoms with Crippen LogP contribution in [-0.2, 0) is 11.3 Å². The number of rotatable bonds is 5. The van der Waals surface area contributed by atoms with Gasteiger partial charge in [0.25, 0.3) is 0 Å². The summed E-state index contributed by atoms with van der Waals surface area (Å²) < 4.78 is 10.9. The number of anilines is 2. The van der Waals surface area contributed by atoms with Gasteiger partial charge >= 0.3 is 6.03 Å². The summed E-state index contributed by atoms with van der Waals surface area (Å²) in [6, 6.07) is 11.5. The number of furan rings is 1. The van der Waals surface area contributed by atoms with Crippen LogP contribution in [0.5, 0.6) is 0 Å². The normalized spacial score (nSPS) is 16.9. The molecule has 0 unspecified atom stereocenters. The van der Waals surface area contributed by atoms with Gasteiger partial charge < -0.3 is 24.3 Å². The molecule has 0 aliphatic carbocycles. The lowest BCUT2D eigenvalue weighted by Crippen LogP contribution is -2.34. The molecule has 2 amide bonds. The zero-order valence-electron chi connectivity index (χ0n) is 15.0. The van der Waals surface area contributed by atoms with Crippen molar-refractivity contribution in [3.05, 3.63) is 47.9 Å². The summed E-state index contributed by atoms with van der Waals surface area (Å²) in [5.74, 6) is 1.60. The molecule has 6 nitrogen and oxygen atoms in total. The first-order valence-corrected chi connectivity index (χ1v) is 8.51. The van der Waals surface area contributed by atoms with Crippen molar-refractivity contribution in [1.29, 1.82) is 0 Å². The lowest BCUT2D eigenvalue weighted by atomic mass is 10.2. The maximum Gasteiger partial charge on any atom is 0.322 e. The lowest BCUT2D eigenvalue weighted by molar-refractivity contribution is 0.157. The van der Waals surface area contributed by atoms with E-state index in [1.165, 1.54) is 0 Å². The van der Waals surface area contributed by atoms with Crippen LogP contribution in [0.25, 0.3) is 0 Å². The Hall–Kier alpha value is -2.47. The Labute approximate surface area is 148 Å². The quantitative estimate of drug-likeness (QED) is 0.895. The highest BCUT2D eigenvalue weighted by Gasteiger charge is 2.32. The van der Waals surface area contributed by atoms with Crippen LogP contribution >= 0.6 is 0 Å². The number of ether oxygens (including phenoxy) is 1. The van der Waals surface area contributed by atoms with Gasteiger partial charge in [-0.15, -0.1) is 0 Å². The van der Waals surface area contributed by atoms with Gasteiger partial charge in [0, 0.05) is 27.7 Å². The number of hydrogen-bond donors (Lipinski definition) is 1. The van der Waals surface area contributed by atoms with E-state index in [0.29, 0.717) is 6.61 Å². The van der Waals surface area contributed by atoms with E-state index in [4.69, 9.17) is 9.15 Å². The molecule has 6 heteroatoms. The zero-order chi connectivity index (χ0) is 17.8. The third kappa shape index (κ3) is 3.79. The van der Waals surface area contributed by atoms with E-state index in [2.05, 4.69) is 5.32 Å². The Balaban J connectivity index is 1.75. The average Bonchev–Trinajstić information content (AvgIpc) is 3.24. The Morgan fingerprint density at radius 3 is 2.88 bits per heavy atom. The fourth-order valence-corrected chi connectivity index (χ4v) is 3.26. The first kappa shape index (κ1) is 17.4. The van der Waals surface area contributed by atoms with E-state index < -0.39 is 0 Å². The number of hydrogen-bond acceptors (Lipinski definition) is 4. The van der Waals surface area contributed by atoms with Crippen LogP contribution < -0.4 is 10.2 Å². The second-order valence-corrected chi connectivity index (χ2v) is 6.43. The maximum absolute atomic E-state index is 12.8. The first-order valence-electron chi connectivity index (χ1n) is 8.51. The summed E-state index contributed by atoms with van der Waals surface area (Å²) in [4.78, 5) is 16.7. The Morgan fingerprint density at radius 1 is 1.32 bits per heavy atom. The molecule has 1 aliphatic rings. The van der Waals surface area contributed by atoms with E-state index in [9.17, 15) is 4.79 Å². The van der Waals surface area contributed by atoms with Gasteiger partial charge in [-0.25, -0.2) is 4.79 Å². The third-order valence-corrected chi connectivity index (χ3v) is 4.44. The summed E-state index contributed by atoms with van der Waals surface area (Å²) in [5.41, 5.74) is 1.79. The number of nitrogens with zero attached hydrogens (tertiary/aromatic N) is 2. The second-order valence-electron chi connectivity index (χ2n) is 6.43. The van der Waals surface area contributed by atoms with Crippen LogP contribution in [0.1, 0.15) is 30.4 Å². The monoisotopic (exact) mass is 343 g/mol. The number of likely N-dealkylation sites (tertiary alicyclic amines) is 1. The van der Waals surface area contributed by atoms with Crippen molar-refractivity contribution in [2.24, 2.45) is 0 Å². The molecule has 0 radical (unpaired) electrons. The minimum Gasteiger partial charge on any atom is -0.461 e. The van der Waals surface area contributed by atoms with Crippen molar-refractivity contribution in [2.45, 2.75) is 25.5 Å². The van der Waals surface area contributed by atoms with Gasteiger partial charge in [-0.1, -0.05) is 12.1 Å².